The van der Waals surface area contributed by atoms with Gasteiger partial charge in [-0.2, -0.15) is 0 Å². The molecule has 1 aliphatic heterocycles. The van der Waals surface area contributed by atoms with Gasteiger partial charge in [0, 0.05) is 29.1 Å². The second-order valence-electron chi connectivity index (χ2n) is 4.33. The summed E-state index contributed by atoms with van der Waals surface area (Å²) in [5.74, 6) is 0.577. The molecule has 0 aliphatic carbocycles. The van der Waals surface area contributed by atoms with Crippen molar-refractivity contribution in [2.24, 2.45) is 5.73 Å². The van der Waals surface area contributed by atoms with Gasteiger partial charge in [-0.1, -0.05) is 11.6 Å². The summed E-state index contributed by atoms with van der Waals surface area (Å²) in [6, 6.07) is 4.34. The maximum atomic E-state index is 11.5. The predicted molar refractivity (Wildman–Crippen MR) is 70.4 cm³/mol. The highest BCUT2D eigenvalue weighted by Gasteiger charge is 2.28. The lowest BCUT2D eigenvalue weighted by Crippen LogP contribution is -2.19. The normalized spacial score (nSPS) is 17.2. The number of nitrogens with zero attached hydrogens (tertiary/aromatic N) is 1. The van der Waals surface area contributed by atoms with Crippen LogP contribution in [0.3, 0.4) is 0 Å². The molecule has 7 heteroatoms. The molecule has 1 atom stereocenters. The molecule has 0 saturated heterocycles. The summed E-state index contributed by atoms with van der Waals surface area (Å²) < 4.78 is 5.56. The largest absolute Gasteiger partial charge is 0.436 e. The summed E-state index contributed by atoms with van der Waals surface area (Å²) in [4.78, 5) is 11.5. The molecular formula is C12H11ClN4O2. The second kappa shape index (κ2) is 4.25. The third-order valence-electron chi connectivity index (χ3n) is 2.88. The summed E-state index contributed by atoms with van der Waals surface area (Å²) in [7, 11) is 0. The lowest BCUT2D eigenvalue weighted by molar-refractivity contribution is -0.116. The van der Waals surface area contributed by atoms with Gasteiger partial charge in [0.2, 0.25) is 11.8 Å². The van der Waals surface area contributed by atoms with Crippen molar-refractivity contribution in [2.75, 3.05) is 5.32 Å². The van der Waals surface area contributed by atoms with Crippen LogP contribution in [0.15, 0.2) is 18.2 Å². The Morgan fingerprint density at radius 2 is 2.21 bits per heavy atom. The van der Waals surface area contributed by atoms with E-state index in [1.54, 1.807) is 18.2 Å². The fourth-order valence-electron chi connectivity index (χ4n) is 1.92. The molecule has 4 N–H and O–H groups in total. The standard InChI is InChI=1S/C12H11ClN4O2/c1-5-2-10(17-16-5)19-9-4-8-6(3-7(9)13)11(14)12(18)15-8/h2-4,11H,14H2,1H3,(H,15,18)(H,16,17). The summed E-state index contributed by atoms with van der Waals surface area (Å²) in [5.41, 5.74) is 7.90. The average molecular weight is 279 g/mol. The Morgan fingerprint density at radius 1 is 1.42 bits per heavy atom. The lowest BCUT2D eigenvalue weighted by Gasteiger charge is -2.08. The van der Waals surface area contributed by atoms with Crippen LogP contribution < -0.4 is 15.8 Å². The van der Waals surface area contributed by atoms with Crippen molar-refractivity contribution < 1.29 is 9.53 Å². The van der Waals surface area contributed by atoms with Crippen LogP contribution >= 0.6 is 11.6 Å². The van der Waals surface area contributed by atoms with Gasteiger partial charge in [0.15, 0.2) is 0 Å². The molecule has 2 aromatic rings. The molecule has 98 valence electrons. The Kier molecular flexibility index (Phi) is 2.69. The van der Waals surface area contributed by atoms with Gasteiger partial charge in [-0.05, 0) is 13.0 Å². The van der Waals surface area contributed by atoms with E-state index in [2.05, 4.69) is 15.5 Å². The second-order valence-corrected chi connectivity index (χ2v) is 4.74. The van der Waals surface area contributed by atoms with Crippen molar-refractivity contribution in [3.05, 3.63) is 34.5 Å². The highest BCUT2D eigenvalue weighted by atomic mass is 35.5. The van der Waals surface area contributed by atoms with E-state index < -0.39 is 6.04 Å². The monoisotopic (exact) mass is 278 g/mol. The average Bonchev–Trinajstić information content (AvgIpc) is 2.87. The lowest BCUT2D eigenvalue weighted by atomic mass is 10.1. The number of amides is 1. The summed E-state index contributed by atoms with van der Waals surface area (Å²) >= 11 is 6.12. The molecule has 2 heterocycles. The first-order valence-electron chi connectivity index (χ1n) is 5.64. The van der Waals surface area contributed by atoms with Gasteiger partial charge in [-0.3, -0.25) is 9.89 Å². The maximum Gasteiger partial charge on any atom is 0.245 e. The van der Waals surface area contributed by atoms with E-state index in [9.17, 15) is 4.79 Å². The Balaban J connectivity index is 1.96. The molecule has 1 amide bonds. The van der Waals surface area contributed by atoms with E-state index in [1.807, 2.05) is 6.92 Å². The molecule has 1 aliphatic rings. The minimum Gasteiger partial charge on any atom is -0.436 e. The number of H-pyrrole nitrogens is 1. The molecule has 1 aromatic heterocycles. The number of aryl methyl sites for hydroxylation is 1. The number of ether oxygens (including phenoxy) is 1. The smallest absolute Gasteiger partial charge is 0.245 e. The maximum absolute atomic E-state index is 11.5. The third-order valence-corrected chi connectivity index (χ3v) is 3.17. The number of nitrogens with two attached hydrogens (primary N) is 1. The molecule has 19 heavy (non-hydrogen) atoms. The van der Waals surface area contributed by atoms with Crippen LogP contribution in [0, 0.1) is 6.92 Å². The van der Waals surface area contributed by atoms with Crippen molar-refractivity contribution in [1.29, 1.82) is 0 Å². The third kappa shape index (κ3) is 2.05. The number of aromatic amines is 1. The van der Waals surface area contributed by atoms with Gasteiger partial charge >= 0.3 is 0 Å². The number of anilines is 1. The van der Waals surface area contributed by atoms with Gasteiger partial charge in [0.25, 0.3) is 0 Å². The Morgan fingerprint density at radius 3 is 2.89 bits per heavy atom. The Labute approximate surface area is 113 Å². The Hall–Kier alpha value is -2.05. The van der Waals surface area contributed by atoms with Crippen molar-refractivity contribution >= 4 is 23.2 Å². The number of carbonyl (C=O) groups is 1. The summed E-state index contributed by atoms with van der Waals surface area (Å²) in [5, 5.41) is 9.78. The zero-order valence-corrected chi connectivity index (χ0v) is 10.8. The quantitative estimate of drug-likeness (QED) is 0.784. The molecule has 0 bridgehead atoms. The number of hydrogen-bond acceptors (Lipinski definition) is 4. The minimum absolute atomic E-state index is 0.251. The van der Waals surface area contributed by atoms with Gasteiger partial charge in [0.1, 0.15) is 11.8 Å². The van der Waals surface area contributed by atoms with Gasteiger partial charge in [0.05, 0.1) is 5.02 Å². The molecule has 3 rings (SSSR count). The molecule has 1 unspecified atom stereocenters. The first-order valence-corrected chi connectivity index (χ1v) is 6.02. The number of fused-ring (bicyclic) bond motifs is 1. The van der Waals surface area contributed by atoms with E-state index in [0.717, 1.165) is 5.69 Å². The number of benzene rings is 1. The van der Waals surface area contributed by atoms with E-state index >= 15 is 0 Å². The fraction of sp³-hybridized carbons (Fsp3) is 0.167. The Bertz CT molecular complexity index is 668. The topological polar surface area (TPSA) is 93.0 Å². The summed E-state index contributed by atoms with van der Waals surface area (Å²) in [6.07, 6.45) is 0. The van der Waals surface area contributed by atoms with Crippen molar-refractivity contribution in [1.82, 2.24) is 10.2 Å². The van der Waals surface area contributed by atoms with Crippen molar-refractivity contribution in [3.8, 4) is 11.6 Å². The number of aromatic nitrogens is 2. The van der Waals surface area contributed by atoms with Crippen LogP contribution in [0.4, 0.5) is 5.69 Å². The number of nitrogens with one attached hydrogen (secondary N) is 2. The molecular weight excluding hydrogens is 268 g/mol. The van der Waals surface area contributed by atoms with Crippen molar-refractivity contribution in [2.45, 2.75) is 13.0 Å². The molecule has 0 fully saturated rings. The van der Waals surface area contributed by atoms with Crippen LogP contribution in [-0.2, 0) is 4.79 Å². The number of rotatable bonds is 2. The number of halogens is 1. The van der Waals surface area contributed by atoms with E-state index in [1.165, 1.54) is 0 Å². The van der Waals surface area contributed by atoms with Crippen LogP contribution in [0.1, 0.15) is 17.3 Å². The van der Waals surface area contributed by atoms with Crippen LogP contribution in [0.5, 0.6) is 11.6 Å². The summed E-state index contributed by atoms with van der Waals surface area (Å²) in [6.45, 7) is 1.86. The number of carbonyl (C=O) groups excluding carboxylic acids is 1. The van der Waals surface area contributed by atoms with Crippen LogP contribution in [-0.4, -0.2) is 16.1 Å². The zero-order chi connectivity index (χ0) is 13.6. The molecule has 1 aromatic carbocycles. The first-order chi connectivity index (χ1) is 9.04. The SMILES string of the molecule is Cc1cc(Oc2cc3c(cc2Cl)C(N)C(=O)N3)n[nH]1. The molecule has 0 radical (unpaired) electrons. The predicted octanol–water partition coefficient (Wildman–Crippen LogP) is 2.12. The van der Waals surface area contributed by atoms with Gasteiger partial charge in [-0.25, -0.2) is 0 Å². The van der Waals surface area contributed by atoms with Crippen molar-refractivity contribution in [3.63, 3.8) is 0 Å². The van der Waals surface area contributed by atoms with Crippen LogP contribution in [0.2, 0.25) is 5.02 Å². The minimum atomic E-state index is -0.686. The van der Waals surface area contributed by atoms with E-state index in [-0.39, 0.29) is 5.91 Å². The molecule has 0 saturated carbocycles. The molecule has 0 spiro atoms. The zero-order valence-electron chi connectivity index (χ0n) is 10.0. The van der Waals surface area contributed by atoms with Gasteiger partial charge in [-0.15, -0.1) is 5.10 Å². The van der Waals surface area contributed by atoms with E-state index in [4.69, 9.17) is 22.1 Å². The highest BCUT2D eigenvalue weighted by Crippen LogP contribution is 2.39. The highest BCUT2D eigenvalue weighted by molar-refractivity contribution is 6.32. The first kappa shape index (κ1) is 12.0. The van der Waals surface area contributed by atoms with Crippen LogP contribution in [0.25, 0.3) is 0 Å². The fourth-order valence-corrected chi connectivity index (χ4v) is 2.13. The molecule has 6 nitrogen and oxygen atoms in total. The van der Waals surface area contributed by atoms with Gasteiger partial charge < -0.3 is 15.8 Å². The number of hydrogen-bond donors (Lipinski definition) is 3. The van der Waals surface area contributed by atoms with E-state index in [0.29, 0.717) is 27.9 Å².